The average Bonchev–Trinajstić information content (AvgIpc) is 3.18. The number of benzene rings is 2. The molecule has 24 heavy (non-hydrogen) atoms. The number of nitrogens with one attached hydrogen (secondary N) is 2. The number of hydrogen-bond acceptors (Lipinski definition) is 4. The van der Waals surface area contributed by atoms with Crippen LogP contribution in [0.5, 0.6) is 11.5 Å². The van der Waals surface area contributed by atoms with Crippen LogP contribution in [0.2, 0.25) is 0 Å². The molecule has 1 fully saturated rings. The lowest BCUT2D eigenvalue weighted by Crippen LogP contribution is -2.39. The molecule has 2 heterocycles. The first-order chi connectivity index (χ1) is 11.7. The van der Waals surface area contributed by atoms with Crippen LogP contribution in [-0.4, -0.2) is 26.7 Å². The zero-order valence-electron chi connectivity index (χ0n) is 13.8. The van der Waals surface area contributed by atoms with Crippen molar-refractivity contribution in [1.29, 1.82) is 0 Å². The van der Waals surface area contributed by atoms with E-state index in [-0.39, 0.29) is 11.9 Å². The largest absolute Gasteiger partial charge is 0.497 e. The van der Waals surface area contributed by atoms with E-state index in [2.05, 4.69) is 10.6 Å². The average molecular weight is 324 g/mol. The van der Waals surface area contributed by atoms with E-state index in [9.17, 15) is 4.79 Å². The summed E-state index contributed by atoms with van der Waals surface area (Å²) in [5.41, 5.74) is 2.34. The van der Waals surface area contributed by atoms with Crippen LogP contribution >= 0.6 is 0 Å². The number of anilines is 1. The van der Waals surface area contributed by atoms with E-state index in [4.69, 9.17) is 9.47 Å². The summed E-state index contributed by atoms with van der Waals surface area (Å²) in [6.45, 7) is 0.779. The number of rotatable bonds is 3. The monoisotopic (exact) mass is 324 g/mol. The van der Waals surface area contributed by atoms with Gasteiger partial charge >= 0.3 is 0 Å². The van der Waals surface area contributed by atoms with E-state index in [1.807, 2.05) is 42.5 Å². The maximum Gasteiger partial charge on any atom is 0.237 e. The molecule has 2 aromatic rings. The van der Waals surface area contributed by atoms with Crippen molar-refractivity contribution in [2.24, 2.45) is 0 Å². The number of carbonyl (C=O) groups excluding carboxylic acids is 1. The van der Waals surface area contributed by atoms with Gasteiger partial charge in [-0.15, -0.1) is 0 Å². The van der Waals surface area contributed by atoms with E-state index >= 15 is 0 Å². The van der Waals surface area contributed by atoms with E-state index in [0.717, 1.165) is 41.3 Å². The molecule has 4 rings (SSSR count). The van der Waals surface area contributed by atoms with Crippen molar-refractivity contribution in [3.63, 3.8) is 0 Å². The molecule has 0 bridgehead atoms. The summed E-state index contributed by atoms with van der Waals surface area (Å²) in [5, 5.41) is 6.55. The molecule has 5 nitrogen and oxygen atoms in total. The normalized spacial score (nSPS) is 24.8. The van der Waals surface area contributed by atoms with Gasteiger partial charge in [-0.1, -0.05) is 24.3 Å². The van der Waals surface area contributed by atoms with E-state index in [0.29, 0.717) is 0 Å². The predicted molar refractivity (Wildman–Crippen MR) is 91.7 cm³/mol. The zero-order valence-corrected chi connectivity index (χ0v) is 13.8. The minimum atomic E-state index is -0.599. The summed E-state index contributed by atoms with van der Waals surface area (Å²) in [7, 11) is 3.27. The Hall–Kier alpha value is -2.53. The predicted octanol–water partition coefficient (Wildman–Crippen LogP) is 2.63. The first-order valence-electron chi connectivity index (χ1n) is 8.07. The Morgan fingerprint density at radius 1 is 1.12 bits per heavy atom. The lowest BCUT2D eigenvalue weighted by atomic mass is 9.72. The fourth-order valence-corrected chi connectivity index (χ4v) is 4.04. The highest BCUT2D eigenvalue weighted by Gasteiger charge is 2.55. The first-order valence-corrected chi connectivity index (χ1v) is 8.07. The number of ether oxygens (including phenoxy) is 2. The molecule has 0 aliphatic carbocycles. The number of hydrogen-bond donors (Lipinski definition) is 2. The fourth-order valence-electron chi connectivity index (χ4n) is 4.04. The minimum absolute atomic E-state index is 0.0524. The number of carbonyl (C=O) groups is 1. The molecule has 0 aromatic heterocycles. The van der Waals surface area contributed by atoms with Gasteiger partial charge in [0.05, 0.1) is 25.7 Å². The molecule has 0 radical (unpaired) electrons. The Kier molecular flexibility index (Phi) is 3.46. The van der Waals surface area contributed by atoms with Crippen molar-refractivity contribution >= 4 is 11.6 Å². The van der Waals surface area contributed by atoms with Gasteiger partial charge in [0.2, 0.25) is 5.91 Å². The summed E-state index contributed by atoms with van der Waals surface area (Å²) in [6, 6.07) is 13.6. The molecule has 1 spiro atoms. The summed E-state index contributed by atoms with van der Waals surface area (Å²) in [5.74, 6) is 1.51. The second kappa shape index (κ2) is 5.53. The number of fused-ring (bicyclic) bond motifs is 2. The maximum atomic E-state index is 12.9. The third-order valence-electron chi connectivity index (χ3n) is 5.17. The standard InChI is InChI=1S/C19H20N2O3/c1-23-12-7-8-13(16(11-12)24-2)17-19(9-10-20-17)14-5-3-4-6-15(14)21-18(19)22/h3-8,11,17,20H,9-10H2,1-2H3,(H,21,22)/t17-,19+/m0/s1. The van der Waals surface area contributed by atoms with Crippen LogP contribution in [0.15, 0.2) is 42.5 Å². The number of amides is 1. The van der Waals surface area contributed by atoms with Crippen LogP contribution in [-0.2, 0) is 10.2 Å². The van der Waals surface area contributed by atoms with Gasteiger partial charge < -0.3 is 20.1 Å². The van der Waals surface area contributed by atoms with Gasteiger partial charge in [-0.05, 0) is 30.7 Å². The molecule has 0 saturated carbocycles. The first kappa shape index (κ1) is 15.0. The third kappa shape index (κ3) is 1.94. The second-order valence-electron chi connectivity index (χ2n) is 6.22. The molecular formula is C19H20N2O3. The van der Waals surface area contributed by atoms with Crippen LogP contribution in [0, 0.1) is 0 Å². The summed E-state index contributed by atoms with van der Waals surface area (Å²) >= 11 is 0. The van der Waals surface area contributed by atoms with Gasteiger partial charge in [-0.3, -0.25) is 4.79 Å². The van der Waals surface area contributed by atoms with Crippen LogP contribution in [0.4, 0.5) is 5.69 Å². The molecule has 124 valence electrons. The van der Waals surface area contributed by atoms with Gasteiger partial charge in [0.1, 0.15) is 11.5 Å². The van der Waals surface area contributed by atoms with Gasteiger partial charge in [0.25, 0.3) is 0 Å². The fraction of sp³-hybridized carbons (Fsp3) is 0.316. The molecule has 2 atom stereocenters. The quantitative estimate of drug-likeness (QED) is 0.911. The van der Waals surface area contributed by atoms with Crippen molar-refractivity contribution in [2.75, 3.05) is 26.1 Å². The molecule has 2 aliphatic heterocycles. The van der Waals surface area contributed by atoms with Gasteiger partial charge in [0, 0.05) is 17.3 Å². The molecule has 5 heteroatoms. The van der Waals surface area contributed by atoms with Crippen molar-refractivity contribution in [3.8, 4) is 11.5 Å². The van der Waals surface area contributed by atoms with Crippen LogP contribution < -0.4 is 20.1 Å². The smallest absolute Gasteiger partial charge is 0.237 e. The Morgan fingerprint density at radius 2 is 1.96 bits per heavy atom. The molecule has 2 N–H and O–H groups in total. The lowest BCUT2D eigenvalue weighted by molar-refractivity contribution is -0.121. The number of methoxy groups -OCH3 is 2. The molecule has 0 unspecified atom stereocenters. The van der Waals surface area contributed by atoms with Crippen LogP contribution in [0.25, 0.3) is 0 Å². The highest BCUT2D eigenvalue weighted by molar-refractivity contribution is 6.07. The van der Waals surface area contributed by atoms with Gasteiger partial charge in [-0.2, -0.15) is 0 Å². The zero-order chi connectivity index (χ0) is 16.7. The Morgan fingerprint density at radius 3 is 2.75 bits per heavy atom. The van der Waals surface area contributed by atoms with E-state index in [1.54, 1.807) is 14.2 Å². The van der Waals surface area contributed by atoms with E-state index in [1.165, 1.54) is 0 Å². The maximum absolute atomic E-state index is 12.9. The molecule has 1 amide bonds. The molecule has 1 saturated heterocycles. The van der Waals surface area contributed by atoms with Crippen molar-refractivity contribution in [3.05, 3.63) is 53.6 Å². The van der Waals surface area contributed by atoms with E-state index < -0.39 is 5.41 Å². The number of para-hydroxylation sites is 1. The van der Waals surface area contributed by atoms with Crippen molar-refractivity contribution in [1.82, 2.24) is 5.32 Å². The summed E-state index contributed by atoms with van der Waals surface area (Å²) in [4.78, 5) is 12.9. The van der Waals surface area contributed by atoms with Crippen LogP contribution in [0.1, 0.15) is 23.6 Å². The summed E-state index contributed by atoms with van der Waals surface area (Å²) < 4.78 is 10.9. The van der Waals surface area contributed by atoms with Crippen LogP contribution in [0.3, 0.4) is 0 Å². The van der Waals surface area contributed by atoms with Gasteiger partial charge in [0.15, 0.2) is 0 Å². The van der Waals surface area contributed by atoms with Crippen molar-refractivity contribution in [2.45, 2.75) is 17.9 Å². The SMILES string of the molecule is COc1ccc([C@@H]2NCC[C@]23C(=O)Nc2ccccc23)c(OC)c1. The Labute approximate surface area is 141 Å². The highest BCUT2D eigenvalue weighted by atomic mass is 16.5. The molecule has 2 aromatic carbocycles. The van der Waals surface area contributed by atoms with Crippen molar-refractivity contribution < 1.29 is 14.3 Å². The summed E-state index contributed by atoms with van der Waals surface area (Å²) in [6.07, 6.45) is 0.760. The lowest BCUT2D eigenvalue weighted by Gasteiger charge is -2.30. The third-order valence-corrected chi connectivity index (χ3v) is 5.17. The topological polar surface area (TPSA) is 59.6 Å². The second-order valence-corrected chi connectivity index (χ2v) is 6.22. The highest BCUT2D eigenvalue weighted by Crippen LogP contribution is 2.52. The molecule has 2 aliphatic rings. The Balaban J connectivity index is 1.86. The van der Waals surface area contributed by atoms with Gasteiger partial charge in [-0.25, -0.2) is 0 Å². The minimum Gasteiger partial charge on any atom is -0.497 e. The Bertz CT molecular complexity index is 805. The molecular weight excluding hydrogens is 304 g/mol.